The third kappa shape index (κ3) is 3.25. The fourth-order valence-electron chi connectivity index (χ4n) is 0.859. The molecule has 5 heteroatoms. The topological polar surface area (TPSA) is 70.3 Å². The number of rotatable bonds is 4. The lowest BCUT2D eigenvalue weighted by atomic mass is 10.4. The Labute approximate surface area is 76.9 Å². The minimum atomic E-state index is -0.0770. The average molecular weight is 183 g/mol. The summed E-state index contributed by atoms with van der Waals surface area (Å²) in [6.07, 6.45) is 1.48. The number of hydrogen-bond acceptors (Lipinski definition) is 5. The van der Waals surface area contributed by atoms with Crippen LogP contribution >= 0.6 is 0 Å². The molecule has 0 saturated heterocycles. The monoisotopic (exact) mass is 183 g/mol. The van der Waals surface area contributed by atoms with E-state index in [0.29, 0.717) is 12.4 Å². The predicted molar refractivity (Wildman–Crippen MR) is 48.4 cm³/mol. The van der Waals surface area contributed by atoms with E-state index in [2.05, 4.69) is 9.97 Å². The first-order valence-corrected chi connectivity index (χ1v) is 3.96. The molecule has 0 fully saturated rings. The maximum Gasteiger partial charge on any atom is 0.318 e. The van der Waals surface area contributed by atoms with Gasteiger partial charge < -0.3 is 15.2 Å². The number of nitrogens with two attached hydrogens (primary N) is 1. The molecular weight excluding hydrogens is 170 g/mol. The lowest BCUT2D eigenvalue weighted by Crippen LogP contribution is -2.19. The molecule has 1 aromatic rings. The van der Waals surface area contributed by atoms with Crippen LogP contribution in [0.1, 0.15) is 6.92 Å². The van der Waals surface area contributed by atoms with Crippen LogP contribution in [0.2, 0.25) is 0 Å². The van der Waals surface area contributed by atoms with Crippen LogP contribution in [0.25, 0.3) is 0 Å². The highest BCUT2D eigenvalue weighted by Crippen LogP contribution is 2.06. The Balaban J connectivity index is 2.53. The molecule has 0 spiro atoms. The van der Waals surface area contributed by atoms with Crippen molar-refractivity contribution in [2.45, 2.75) is 13.0 Å². The van der Waals surface area contributed by atoms with Gasteiger partial charge in [0.2, 0.25) is 0 Å². The molecule has 0 bridgehead atoms. The number of anilines is 1. The van der Waals surface area contributed by atoms with Crippen molar-refractivity contribution in [1.82, 2.24) is 9.97 Å². The zero-order chi connectivity index (χ0) is 9.68. The molecule has 0 aliphatic heterocycles. The molecule has 1 rings (SSSR count). The molecule has 0 radical (unpaired) electrons. The Morgan fingerprint density at radius 3 is 3.00 bits per heavy atom. The van der Waals surface area contributed by atoms with Gasteiger partial charge in [-0.2, -0.15) is 4.98 Å². The summed E-state index contributed by atoms with van der Waals surface area (Å²) in [5.41, 5.74) is 5.45. The van der Waals surface area contributed by atoms with Crippen LogP contribution in [0.4, 0.5) is 5.82 Å². The number of hydrogen-bond donors (Lipinski definition) is 1. The maximum absolute atomic E-state index is 5.45. The Bertz CT molecular complexity index is 267. The molecule has 1 unspecified atom stereocenters. The highest BCUT2D eigenvalue weighted by molar-refractivity contribution is 5.26. The van der Waals surface area contributed by atoms with Gasteiger partial charge in [-0.15, -0.1) is 0 Å². The van der Waals surface area contributed by atoms with E-state index < -0.39 is 0 Å². The van der Waals surface area contributed by atoms with Gasteiger partial charge in [-0.25, -0.2) is 4.98 Å². The van der Waals surface area contributed by atoms with Crippen LogP contribution in [0.5, 0.6) is 6.01 Å². The van der Waals surface area contributed by atoms with Gasteiger partial charge in [0.15, 0.2) is 0 Å². The summed E-state index contributed by atoms with van der Waals surface area (Å²) in [6, 6.07) is 1.89. The van der Waals surface area contributed by atoms with E-state index in [-0.39, 0.29) is 12.1 Å². The SMILES string of the molecule is COCC(C)Oc1nccc(N)n1. The van der Waals surface area contributed by atoms with Crippen molar-refractivity contribution in [3.8, 4) is 6.01 Å². The average Bonchev–Trinajstić information content (AvgIpc) is 2.04. The molecule has 1 heterocycles. The van der Waals surface area contributed by atoms with Gasteiger partial charge in [-0.05, 0) is 13.0 Å². The number of ether oxygens (including phenoxy) is 2. The minimum absolute atomic E-state index is 0.0770. The Morgan fingerprint density at radius 2 is 2.38 bits per heavy atom. The summed E-state index contributed by atoms with van der Waals surface area (Å²) < 4.78 is 10.2. The first-order chi connectivity index (χ1) is 6.22. The smallest absolute Gasteiger partial charge is 0.318 e. The normalized spacial score (nSPS) is 12.5. The van der Waals surface area contributed by atoms with E-state index >= 15 is 0 Å². The van der Waals surface area contributed by atoms with Gasteiger partial charge in [-0.3, -0.25) is 0 Å². The van der Waals surface area contributed by atoms with Crippen LogP contribution < -0.4 is 10.5 Å². The first-order valence-electron chi connectivity index (χ1n) is 3.96. The third-order valence-electron chi connectivity index (χ3n) is 1.36. The second kappa shape index (κ2) is 4.61. The molecule has 1 aromatic heterocycles. The quantitative estimate of drug-likeness (QED) is 0.734. The van der Waals surface area contributed by atoms with Gasteiger partial charge in [0.25, 0.3) is 0 Å². The minimum Gasteiger partial charge on any atom is -0.458 e. The summed E-state index contributed by atoms with van der Waals surface area (Å²) in [4.78, 5) is 7.78. The van der Waals surface area contributed by atoms with Gasteiger partial charge >= 0.3 is 6.01 Å². The van der Waals surface area contributed by atoms with Crippen LogP contribution in [-0.2, 0) is 4.74 Å². The third-order valence-corrected chi connectivity index (χ3v) is 1.36. The Morgan fingerprint density at radius 1 is 1.62 bits per heavy atom. The maximum atomic E-state index is 5.45. The standard InChI is InChI=1S/C8H13N3O2/c1-6(5-12-2)13-8-10-4-3-7(9)11-8/h3-4,6H,5H2,1-2H3,(H2,9,10,11). The van der Waals surface area contributed by atoms with Crippen molar-refractivity contribution in [3.63, 3.8) is 0 Å². The first kappa shape index (κ1) is 9.73. The summed E-state index contributed by atoms with van der Waals surface area (Å²) in [7, 11) is 1.61. The second-order valence-electron chi connectivity index (χ2n) is 2.65. The molecule has 0 aliphatic rings. The van der Waals surface area contributed by atoms with Crippen molar-refractivity contribution in [1.29, 1.82) is 0 Å². The Hall–Kier alpha value is -1.36. The lowest BCUT2D eigenvalue weighted by Gasteiger charge is -2.11. The fourth-order valence-corrected chi connectivity index (χ4v) is 0.859. The summed E-state index contributed by atoms with van der Waals surface area (Å²) in [5, 5.41) is 0. The summed E-state index contributed by atoms with van der Waals surface area (Å²) in [6.45, 7) is 2.37. The number of methoxy groups -OCH3 is 1. The molecule has 72 valence electrons. The molecule has 0 aliphatic carbocycles. The van der Waals surface area contributed by atoms with Crippen LogP contribution in [0.15, 0.2) is 12.3 Å². The van der Waals surface area contributed by atoms with Crippen LogP contribution in [-0.4, -0.2) is 29.8 Å². The molecule has 0 aromatic carbocycles. The summed E-state index contributed by atoms with van der Waals surface area (Å²) in [5.74, 6) is 0.398. The summed E-state index contributed by atoms with van der Waals surface area (Å²) >= 11 is 0. The fraction of sp³-hybridized carbons (Fsp3) is 0.500. The van der Waals surface area contributed by atoms with E-state index in [1.165, 1.54) is 0 Å². The van der Waals surface area contributed by atoms with Gasteiger partial charge in [-0.1, -0.05) is 0 Å². The molecule has 2 N–H and O–H groups in total. The largest absolute Gasteiger partial charge is 0.458 e. The number of nitrogens with zero attached hydrogens (tertiary/aromatic N) is 2. The van der Waals surface area contributed by atoms with Crippen LogP contribution in [0.3, 0.4) is 0 Å². The number of nitrogen functional groups attached to an aromatic ring is 1. The van der Waals surface area contributed by atoms with E-state index in [1.54, 1.807) is 19.4 Å². The highest BCUT2D eigenvalue weighted by Gasteiger charge is 2.05. The van der Waals surface area contributed by atoms with Crippen molar-refractivity contribution < 1.29 is 9.47 Å². The molecule has 13 heavy (non-hydrogen) atoms. The predicted octanol–water partition coefficient (Wildman–Crippen LogP) is 0.473. The van der Waals surface area contributed by atoms with Gasteiger partial charge in [0.05, 0.1) is 6.61 Å². The van der Waals surface area contributed by atoms with Crippen molar-refractivity contribution >= 4 is 5.82 Å². The Kier molecular flexibility index (Phi) is 3.45. The van der Waals surface area contributed by atoms with E-state index in [0.717, 1.165) is 0 Å². The zero-order valence-corrected chi connectivity index (χ0v) is 7.73. The van der Waals surface area contributed by atoms with E-state index in [4.69, 9.17) is 15.2 Å². The zero-order valence-electron chi connectivity index (χ0n) is 7.73. The van der Waals surface area contributed by atoms with E-state index in [9.17, 15) is 0 Å². The van der Waals surface area contributed by atoms with E-state index in [1.807, 2.05) is 6.92 Å². The molecule has 5 nitrogen and oxygen atoms in total. The lowest BCUT2D eigenvalue weighted by molar-refractivity contribution is 0.0856. The molecule has 1 atom stereocenters. The van der Waals surface area contributed by atoms with Crippen molar-refractivity contribution in [3.05, 3.63) is 12.3 Å². The molecule has 0 saturated carbocycles. The highest BCUT2D eigenvalue weighted by atomic mass is 16.5. The molecular formula is C8H13N3O2. The van der Waals surface area contributed by atoms with Crippen LogP contribution in [0, 0.1) is 0 Å². The van der Waals surface area contributed by atoms with Crippen molar-refractivity contribution in [2.75, 3.05) is 19.5 Å². The van der Waals surface area contributed by atoms with Gasteiger partial charge in [0.1, 0.15) is 11.9 Å². The second-order valence-corrected chi connectivity index (χ2v) is 2.65. The number of aromatic nitrogens is 2. The molecule has 0 amide bonds. The van der Waals surface area contributed by atoms with Crippen molar-refractivity contribution in [2.24, 2.45) is 0 Å². The van der Waals surface area contributed by atoms with Gasteiger partial charge in [0, 0.05) is 13.3 Å².